The summed E-state index contributed by atoms with van der Waals surface area (Å²) in [6, 6.07) is 7.88. The van der Waals surface area contributed by atoms with Gasteiger partial charge in [-0.05, 0) is 31.2 Å². The molecular weight excluding hydrogens is 312 g/mol. The maximum Gasteiger partial charge on any atom is 0.351 e. The van der Waals surface area contributed by atoms with Crippen molar-refractivity contribution in [3.63, 3.8) is 0 Å². The first kappa shape index (κ1) is 15.5. The van der Waals surface area contributed by atoms with Gasteiger partial charge in [-0.25, -0.2) is 4.79 Å². The SMILES string of the molecule is Cc1cc(O)c(C(=O)/C=C/c2coc3ccccc3c2=O)c(=O)o1. The number of aromatic hydroxyl groups is 1. The number of para-hydroxylation sites is 1. The van der Waals surface area contributed by atoms with E-state index in [1.165, 1.54) is 25.3 Å². The van der Waals surface area contributed by atoms with E-state index in [1.54, 1.807) is 24.3 Å². The number of carbonyl (C=O) groups excluding carboxylic acids is 1. The molecule has 1 aromatic carbocycles. The van der Waals surface area contributed by atoms with Gasteiger partial charge in [0.05, 0.1) is 10.9 Å². The summed E-state index contributed by atoms with van der Waals surface area (Å²) in [5.74, 6) is -1.05. The van der Waals surface area contributed by atoms with Crippen LogP contribution in [0.2, 0.25) is 0 Å². The second kappa shape index (κ2) is 6.00. The molecule has 3 aromatic rings. The molecule has 0 amide bonds. The van der Waals surface area contributed by atoms with Crippen LogP contribution < -0.4 is 11.1 Å². The number of aryl methyl sites for hydroxylation is 1. The van der Waals surface area contributed by atoms with Gasteiger partial charge >= 0.3 is 5.63 Å². The summed E-state index contributed by atoms with van der Waals surface area (Å²) in [6.07, 6.45) is 3.48. The van der Waals surface area contributed by atoms with Crippen molar-refractivity contribution in [1.29, 1.82) is 0 Å². The van der Waals surface area contributed by atoms with Crippen LogP contribution >= 0.6 is 0 Å². The molecule has 6 heteroatoms. The average Bonchev–Trinajstić information content (AvgIpc) is 2.53. The summed E-state index contributed by atoms with van der Waals surface area (Å²) < 4.78 is 10.1. The molecule has 0 atom stereocenters. The predicted molar refractivity (Wildman–Crippen MR) is 87.2 cm³/mol. The van der Waals surface area contributed by atoms with E-state index in [0.717, 1.165) is 6.08 Å². The van der Waals surface area contributed by atoms with Crippen LogP contribution in [0.5, 0.6) is 5.75 Å². The van der Waals surface area contributed by atoms with Gasteiger partial charge in [-0.3, -0.25) is 9.59 Å². The van der Waals surface area contributed by atoms with E-state index >= 15 is 0 Å². The Labute approximate surface area is 135 Å². The summed E-state index contributed by atoms with van der Waals surface area (Å²) in [7, 11) is 0. The average molecular weight is 324 g/mol. The summed E-state index contributed by atoms with van der Waals surface area (Å²) >= 11 is 0. The second-order valence-corrected chi connectivity index (χ2v) is 5.12. The van der Waals surface area contributed by atoms with Crippen LogP contribution in [-0.4, -0.2) is 10.9 Å². The molecule has 6 nitrogen and oxygen atoms in total. The highest BCUT2D eigenvalue weighted by Gasteiger charge is 2.16. The molecular formula is C18H12O6. The van der Waals surface area contributed by atoms with E-state index in [9.17, 15) is 19.5 Å². The third-order valence-electron chi connectivity index (χ3n) is 3.42. The summed E-state index contributed by atoms with van der Waals surface area (Å²) in [4.78, 5) is 36.1. The summed E-state index contributed by atoms with van der Waals surface area (Å²) in [6.45, 7) is 1.48. The zero-order valence-corrected chi connectivity index (χ0v) is 12.6. The fourth-order valence-electron chi connectivity index (χ4n) is 2.28. The summed E-state index contributed by atoms with van der Waals surface area (Å²) in [5, 5.41) is 10.1. The molecule has 120 valence electrons. The number of fused-ring (bicyclic) bond motifs is 1. The van der Waals surface area contributed by atoms with Crippen LogP contribution in [0, 0.1) is 6.92 Å². The zero-order valence-electron chi connectivity index (χ0n) is 12.6. The Hall–Kier alpha value is -3.41. The Morgan fingerprint density at radius 3 is 2.71 bits per heavy atom. The number of rotatable bonds is 3. The van der Waals surface area contributed by atoms with E-state index in [4.69, 9.17) is 8.83 Å². The maximum atomic E-state index is 12.3. The number of benzene rings is 1. The zero-order chi connectivity index (χ0) is 17.3. The number of hydrogen-bond donors (Lipinski definition) is 1. The Kier molecular flexibility index (Phi) is 3.87. The predicted octanol–water partition coefficient (Wildman–Crippen LogP) is 2.66. The Balaban J connectivity index is 2.00. The van der Waals surface area contributed by atoms with Crippen LogP contribution in [0.15, 0.2) is 61.1 Å². The largest absolute Gasteiger partial charge is 0.507 e. The lowest BCUT2D eigenvalue weighted by atomic mass is 10.1. The molecule has 2 heterocycles. The first-order valence-electron chi connectivity index (χ1n) is 7.04. The van der Waals surface area contributed by atoms with Crippen molar-refractivity contribution in [2.75, 3.05) is 0 Å². The van der Waals surface area contributed by atoms with Gasteiger partial charge in [0, 0.05) is 6.07 Å². The van der Waals surface area contributed by atoms with Crippen LogP contribution in [-0.2, 0) is 0 Å². The van der Waals surface area contributed by atoms with Gasteiger partial charge in [-0.15, -0.1) is 0 Å². The monoisotopic (exact) mass is 324 g/mol. The van der Waals surface area contributed by atoms with Gasteiger partial charge < -0.3 is 13.9 Å². The van der Waals surface area contributed by atoms with Crippen LogP contribution in [0.4, 0.5) is 0 Å². The number of hydrogen-bond acceptors (Lipinski definition) is 6. The smallest absolute Gasteiger partial charge is 0.351 e. The molecule has 0 saturated carbocycles. The van der Waals surface area contributed by atoms with Crippen molar-refractivity contribution >= 4 is 22.8 Å². The normalized spacial score (nSPS) is 11.2. The Bertz CT molecular complexity index is 1080. The number of carbonyl (C=O) groups is 1. The first-order chi connectivity index (χ1) is 11.5. The highest BCUT2D eigenvalue weighted by molar-refractivity contribution is 6.08. The molecule has 0 aliphatic carbocycles. The molecule has 0 bridgehead atoms. The fraction of sp³-hybridized carbons (Fsp3) is 0.0556. The van der Waals surface area contributed by atoms with E-state index in [0.29, 0.717) is 11.0 Å². The minimum absolute atomic E-state index is 0.151. The molecule has 1 N–H and O–H groups in total. The highest BCUT2D eigenvalue weighted by Crippen LogP contribution is 2.16. The van der Waals surface area contributed by atoms with Gasteiger partial charge in [-0.2, -0.15) is 0 Å². The molecule has 0 aliphatic rings. The van der Waals surface area contributed by atoms with Gasteiger partial charge in [0.25, 0.3) is 0 Å². The molecule has 0 saturated heterocycles. The number of ketones is 1. The molecule has 0 spiro atoms. The fourth-order valence-corrected chi connectivity index (χ4v) is 2.28. The van der Waals surface area contributed by atoms with Gasteiger partial charge in [-0.1, -0.05) is 12.1 Å². The minimum atomic E-state index is -0.937. The lowest BCUT2D eigenvalue weighted by molar-refractivity contribution is 0.104. The molecule has 2 aromatic heterocycles. The van der Waals surface area contributed by atoms with Gasteiger partial charge in [0.15, 0.2) is 11.2 Å². The van der Waals surface area contributed by atoms with Crippen LogP contribution in [0.25, 0.3) is 17.0 Å². The second-order valence-electron chi connectivity index (χ2n) is 5.12. The lowest BCUT2D eigenvalue weighted by Crippen LogP contribution is -2.13. The molecule has 0 aliphatic heterocycles. The van der Waals surface area contributed by atoms with E-state index in [1.807, 2.05) is 0 Å². The number of allylic oxidation sites excluding steroid dienone is 1. The minimum Gasteiger partial charge on any atom is -0.507 e. The lowest BCUT2D eigenvalue weighted by Gasteiger charge is -2.00. The van der Waals surface area contributed by atoms with E-state index in [2.05, 4.69) is 0 Å². The van der Waals surface area contributed by atoms with Crippen molar-refractivity contribution in [2.45, 2.75) is 6.92 Å². The van der Waals surface area contributed by atoms with Gasteiger partial charge in [0.1, 0.15) is 28.9 Å². The highest BCUT2D eigenvalue weighted by atomic mass is 16.4. The molecule has 0 unspecified atom stereocenters. The molecule has 0 fully saturated rings. The summed E-state index contributed by atoms with van der Waals surface area (Å²) in [5.41, 5.74) is -1.14. The molecule has 3 rings (SSSR count). The quantitative estimate of drug-likeness (QED) is 0.587. The van der Waals surface area contributed by atoms with Crippen molar-refractivity contribution in [2.24, 2.45) is 0 Å². The Morgan fingerprint density at radius 1 is 1.21 bits per heavy atom. The Morgan fingerprint density at radius 2 is 1.96 bits per heavy atom. The maximum absolute atomic E-state index is 12.3. The van der Waals surface area contributed by atoms with Crippen molar-refractivity contribution in [3.8, 4) is 5.75 Å². The molecule has 24 heavy (non-hydrogen) atoms. The van der Waals surface area contributed by atoms with E-state index < -0.39 is 22.7 Å². The third-order valence-corrected chi connectivity index (χ3v) is 3.42. The standard InChI is InChI=1S/C18H12O6/c1-10-8-14(20)16(18(22)24-10)13(19)7-6-11-9-23-15-5-3-2-4-12(15)17(11)21/h2-9,20H,1H3/b7-6+. The van der Waals surface area contributed by atoms with Crippen LogP contribution in [0.1, 0.15) is 21.7 Å². The third kappa shape index (κ3) is 2.77. The first-order valence-corrected chi connectivity index (χ1v) is 7.04. The van der Waals surface area contributed by atoms with Crippen molar-refractivity contribution in [1.82, 2.24) is 0 Å². The van der Waals surface area contributed by atoms with Gasteiger partial charge in [0.2, 0.25) is 0 Å². The van der Waals surface area contributed by atoms with Crippen molar-refractivity contribution < 1.29 is 18.7 Å². The van der Waals surface area contributed by atoms with E-state index in [-0.39, 0.29) is 16.8 Å². The molecule has 0 radical (unpaired) electrons. The van der Waals surface area contributed by atoms with Crippen LogP contribution in [0.3, 0.4) is 0 Å². The topological polar surface area (TPSA) is 97.7 Å². The van der Waals surface area contributed by atoms with Crippen molar-refractivity contribution in [3.05, 3.63) is 80.2 Å².